The Hall–Kier alpha value is -2.18. The minimum absolute atomic E-state index is 0.0387. The number of morpholine rings is 1. The lowest BCUT2D eigenvalue weighted by Gasteiger charge is -2.34. The number of hydrogen-bond acceptors (Lipinski definition) is 5. The van der Waals surface area contributed by atoms with Gasteiger partial charge >= 0.3 is 0 Å². The molecule has 0 radical (unpaired) electrons. The highest BCUT2D eigenvalue weighted by molar-refractivity contribution is 5.79. The maximum Gasteiger partial charge on any atom is 0.247 e. The number of ether oxygens (including phenoxy) is 1. The van der Waals surface area contributed by atoms with Gasteiger partial charge in [0, 0.05) is 18.7 Å². The Bertz CT molecular complexity index is 641. The van der Waals surface area contributed by atoms with E-state index in [9.17, 15) is 4.79 Å². The monoisotopic (exact) mass is 301 g/mol. The van der Waals surface area contributed by atoms with Gasteiger partial charge < -0.3 is 14.9 Å². The number of aromatic nitrogens is 1. The lowest BCUT2D eigenvalue weighted by molar-refractivity contribution is -0.136. The van der Waals surface area contributed by atoms with Gasteiger partial charge in [-0.3, -0.25) is 9.69 Å². The lowest BCUT2D eigenvalue weighted by Crippen LogP contribution is -2.49. The molecule has 2 heterocycles. The smallest absolute Gasteiger partial charge is 0.247 e. The number of carbonyl (C=O) groups is 1. The number of hydrogen-bond donors (Lipinski definition) is 1. The molecule has 2 unspecified atom stereocenters. The van der Waals surface area contributed by atoms with Crippen LogP contribution < -0.4 is 5.73 Å². The van der Waals surface area contributed by atoms with Gasteiger partial charge in [0.1, 0.15) is 6.10 Å². The van der Waals surface area contributed by atoms with E-state index in [0.29, 0.717) is 25.6 Å². The van der Waals surface area contributed by atoms with Gasteiger partial charge in [-0.2, -0.15) is 0 Å². The number of amides is 1. The van der Waals surface area contributed by atoms with Gasteiger partial charge in [0.2, 0.25) is 11.8 Å². The van der Waals surface area contributed by atoms with Crippen LogP contribution >= 0.6 is 0 Å². The standard InChI is InChI=1S/C16H19N3O3/c1-11(19-7-8-21-14(10-19)15(17)20)16-18-9-13(22-16)12-5-3-2-4-6-12/h2-6,9,11,14H,7-8,10H2,1H3,(H2,17,20). The van der Waals surface area contributed by atoms with Crippen LogP contribution in [0.4, 0.5) is 0 Å². The van der Waals surface area contributed by atoms with E-state index < -0.39 is 12.0 Å². The molecule has 116 valence electrons. The molecule has 1 amide bonds. The third kappa shape index (κ3) is 3.03. The van der Waals surface area contributed by atoms with Crippen molar-refractivity contribution in [1.29, 1.82) is 0 Å². The quantitative estimate of drug-likeness (QED) is 0.927. The Kier molecular flexibility index (Phi) is 4.22. The van der Waals surface area contributed by atoms with E-state index in [1.54, 1.807) is 6.20 Å². The first kappa shape index (κ1) is 14.7. The maximum atomic E-state index is 11.3. The fraction of sp³-hybridized carbons (Fsp3) is 0.375. The van der Waals surface area contributed by atoms with E-state index in [2.05, 4.69) is 9.88 Å². The largest absolute Gasteiger partial charge is 0.439 e. The molecule has 2 atom stereocenters. The highest BCUT2D eigenvalue weighted by atomic mass is 16.5. The van der Waals surface area contributed by atoms with Crippen molar-refractivity contribution >= 4 is 5.91 Å². The van der Waals surface area contributed by atoms with Crippen LogP contribution in [0, 0.1) is 0 Å². The molecule has 0 saturated carbocycles. The summed E-state index contributed by atoms with van der Waals surface area (Å²) in [4.78, 5) is 17.7. The predicted octanol–water partition coefficient (Wildman–Crippen LogP) is 1.59. The van der Waals surface area contributed by atoms with Crippen LogP contribution in [-0.2, 0) is 9.53 Å². The van der Waals surface area contributed by atoms with Gasteiger partial charge in [0.15, 0.2) is 5.76 Å². The number of rotatable bonds is 4. The fourth-order valence-electron chi connectivity index (χ4n) is 2.57. The molecule has 0 spiro atoms. The molecule has 0 aliphatic carbocycles. The van der Waals surface area contributed by atoms with Crippen molar-refractivity contribution in [3.05, 3.63) is 42.4 Å². The van der Waals surface area contributed by atoms with Crippen molar-refractivity contribution in [3.8, 4) is 11.3 Å². The molecule has 6 nitrogen and oxygen atoms in total. The third-order valence-electron chi connectivity index (χ3n) is 3.90. The van der Waals surface area contributed by atoms with Crippen LogP contribution in [0.3, 0.4) is 0 Å². The SMILES string of the molecule is CC(c1ncc(-c2ccccc2)o1)N1CCOC(C(N)=O)C1. The van der Waals surface area contributed by atoms with E-state index in [4.69, 9.17) is 14.9 Å². The number of oxazole rings is 1. The number of primary amides is 1. The summed E-state index contributed by atoms with van der Waals surface area (Å²) in [5.41, 5.74) is 6.31. The van der Waals surface area contributed by atoms with Crippen molar-refractivity contribution in [3.63, 3.8) is 0 Å². The summed E-state index contributed by atoms with van der Waals surface area (Å²) < 4.78 is 11.2. The molecule has 1 aromatic carbocycles. The zero-order valence-electron chi connectivity index (χ0n) is 12.4. The molecule has 1 fully saturated rings. The Labute approximate surface area is 128 Å². The Morgan fingerprint density at radius 3 is 2.91 bits per heavy atom. The molecule has 1 aliphatic heterocycles. The molecule has 2 aromatic rings. The molecule has 6 heteroatoms. The minimum Gasteiger partial charge on any atom is -0.439 e. The van der Waals surface area contributed by atoms with Crippen LogP contribution in [0.5, 0.6) is 0 Å². The second kappa shape index (κ2) is 6.29. The molecule has 1 saturated heterocycles. The summed E-state index contributed by atoms with van der Waals surface area (Å²) in [7, 11) is 0. The first-order valence-corrected chi connectivity index (χ1v) is 7.31. The van der Waals surface area contributed by atoms with Crippen LogP contribution in [-0.4, -0.2) is 41.6 Å². The van der Waals surface area contributed by atoms with Gasteiger partial charge in [-0.1, -0.05) is 30.3 Å². The number of benzene rings is 1. The van der Waals surface area contributed by atoms with E-state index in [0.717, 1.165) is 11.3 Å². The maximum absolute atomic E-state index is 11.3. The van der Waals surface area contributed by atoms with Gasteiger partial charge in [-0.25, -0.2) is 4.98 Å². The highest BCUT2D eigenvalue weighted by Gasteiger charge is 2.30. The summed E-state index contributed by atoms with van der Waals surface area (Å²) >= 11 is 0. The van der Waals surface area contributed by atoms with Crippen LogP contribution in [0.25, 0.3) is 11.3 Å². The zero-order chi connectivity index (χ0) is 15.5. The van der Waals surface area contributed by atoms with E-state index in [1.165, 1.54) is 0 Å². The van der Waals surface area contributed by atoms with Gasteiger partial charge in [0.05, 0.1) is 18.8 Å². The molecule has 1 aliphatic rings. The second-order valence-corrected chi connectivity index (χ2v) is 5.36. The van der Waals surface area contributed by atoms with E-state index in [1.807, 2.05) is 37.3 Å². The molecule has 1 aromatic heterocycles. The summed E-state index contributed by atoms with van der Waals surface area (Å²) in [6.45, 7) is 3.65. The third-order valence-corrected chi connectivity index (χ3v) is 3.90. The molecular formula is C16H19N3O3. The topological polar surface area (TPSA) is 81.6 Å². The second-order valence-electron chi connectivity index (χ2n) is 5.36. The Morgan fingerprint density at radius 2 is 2.18 bits per heavy atom. The fourth-order valence-corrected chi connectivity index (χ4v) is 2.57. The predicted molar refractivity (Wildman–Crippen MR) is 80.9 cm³/mol. The normalized spacial score (nSPS) is 20.7. The highest BCUT2D eigenvalue weighted by Crippen LogP contribution is 2.26. The van der Waals surface area contributed by atoms with Crippen molar-refractivity contribution < 1.29 is 13.9 Å². The first-order chi connectivity index (χ1) is 10.6. The first-order valence-electron chi connectivity index (χ1n) is 7.31. The van der Waals surface area contributed by atoms with Crippen molar-refractivity contribution in [2.45, 2.75) is 19.1 Å². The van der Waals surface area contributed by atoms with Crippen molar-refractivity contribution in [2.24, 2.45) is 5.73 Å². The molecule has 2 N–H and O–H groups in total. The van der Waals surface area contributed by atoms with Crippen LogP contribution in [0.15, 0.2) is 40.9 Å². The zero-order valence-corrected chi connectivity index (χ0v) is 12.4. The van der Waals surface area contributed by atoms with Gasteiger partial charge in [-0.05, 0) is 6.92 Å². The van der Waals surface area contributed by atoms with Gasteiger partial charge in [0.25, 0.3) is 0 Å². The molecule has 22 heavy (non-hydrogen) atoms. The van der Waals surface area contributed by atoms with Crippen LogP contribution in [0.1, 0.15) is 18.9 Å². The number of nitrogens with zero attached hydrogens (tertiary/aromatic N) is 2. The Balaban J connectivity index is 1.74. The van der Waals surface area contributed by atoms with Crippen molar-refractivity contribution in [1.82, 2.24) is 9.88 Å². The average Bonchev–Trinajstić information content (AvgIpc) is 3.05. The van der Waals surface area contributed by atoms with Crippen molar-refractivity contribution in [2.75, 3.05) is 19.7 Å². The molecule has 0 bridgehead atoms. The average molecular weight is 301 g/mol. The van der Waals surface area contributed by atoms with Gasteiger partial charge in [-0.15, -0.1) is 0 Å². The number of carbonyl (C=O) groups excluding carboxylic acids is 1. The molecular weight excluding hydrogens is 282 g/mol. The lowest BCUT2D eigenvalue weighted by atomic mass is 10.2. The van der Waals surface area contributed by atoms with E-state index in [-0.39, 0.29) is 6.04 Å². The summed E-state index contributed by atoms with van der Waals surface area (Å²) in [6, 6.07) is 9.80. The Morgan fingerprint density at radius 1 is 1.41 bits per heavy atom. The summed E-state index contributed by atoms with van der Waals surface area (Å²) in [5.74, 6) is 0.931. The number of nitrogens with two attached hydrogens (primary N) is 1. The van der Waals surface area contributed by atoms with E-state index >= 15 is 0 Å². The van der Waals surface area contributed by atoms with Crippen LogP contribution in [0.2, 0.25) is 0 Å². The summed E-state index contributed by atoms with van der Waals surface area (Å²) in [5, 5.41) is 0. The minimum atomic E-state index is -0.570. The summed E-state index contributed by atoms with van der Waals surface area (Å²) in [6.07, 6.45) is 1.16. The molecule has 3 rings (SSSR count).